The lowest BCUT2D eigenvalue weighted by atomic mass is 10.2. The number of aliphatic hydroxyl groups is 1. The number of hydrogen-bond donors (Lipinski definition) is 1. The van der Waals surface area contributed by atoms with E-state index in [0.29, 0.717) is 12.4 Å². The van der Waals surface area contributed by atoms with Gasteiger partial charge in [-0.15, -0.1) is 0 Å². The highest BCUT2D eigenvalue weighted by Gasteiger charge is 2.21. The van der Waals surface area contributed by atoms with Crippen LogP contribution in [0.15, 0.2) is 6.20 Å². The molecule has 0 radical (unpaired) electrons. The van der Waals surface area contributed by atoms with Crippen LogP contribution in [-0.2, 0) is 0 Å². The molecule has 1 rings (SSSR count). The van der Waals surface area contributed by atoms with E-state index in [1.165, 1.54) is 6.20 Å². The van der Waals surface area contributed by atoms with Gasteiger partial charge < -0.3 is 10.0 Å². The Balaban J connectivity index is 3.00. The molecule has 0 bridgehead atoms. The van der Waals surface area contributed by atoms with Crippen LogP contribution in [0.5, 0.6) is 0 Å². The highest BCUT2D eigenvalue weighted by Crippen LogP contribution is 2.18. The Morgan fingerprint density at radius 3 is 2.70 bits per heavy atom. The largest absolute Gasteiger partial charge is 0.395 e. The van der Waals surface area contributed by atoms with E-state index in [2.05, 4.69) is 16.9 Å². The summed E-state index contributed by atoms with van der Waals surface area (Å²) < 4.78 is 0. The molecule has 1 heterocycles. The van der Waals surface area contributed by atoms with Gasteiger partial charge in [0.05, 0.1) is 17.8 Å². The third kappa shape index (κ3) is 4.42. The van der Waals surface area contributed by atoms with Gasteiger partial charge in [0.1, 0.15) is 5.82 Å². The maximum absolute atomic E-state index is 12.5. The molecule has 0 aliphatic carbocycles. The van der Waals surface area contributed by atoms with Crippen LogP contribution in [0, 0.1) is 0 Å². The van der Waals surface area contributed by atoms with E-state index in [-0.39, 0.29) is 35.7 Å². The van der Waals surface area contributed by atoms with E-state index in [1.54, 1.807) is 4.90 Å². The van der Waals surface area contributed by atoms with Crippen molar-refractivity contribution in [2.24, 2.45) is 0 Å². The second-order valence-electron chi connectivity index (χ2n) is 4.95. The minimum absolute atomic E-state index is 0.0742. The number of hydrogen-bond acceptors (Lipinski definition) is 4. The quantitative estimate of drug-likeness (QED) is 0.840. The number of halogens is 1. The van der Waals surface area contributed by atoms with Gasteiger partial charge in [0.15, 0.2) is 5.69 Å². The summed E-state index contributed by atoms with van der Waals surface area (Å²) in [6, 6.07) is 0. The predicted molar refractivity (Wildman–Crippen MR) is 79.0 cm³/mol. The normalized spacial score (nSPS) is 10.9. The molecule has 1 N–H and O–H groups in total. The zero-order chi connectivity index (χ0) is 15.1. The van der Waals surface area contributed by atoms with Crippen molar-refractivity contribution < 1.29 is 9.90 Å². The molecule has 1 aromatic rings. The van der Waals surface area contributed by atoms with E-state index in [1.807, 2.05) is 13.8 Å². The molecule has 0 aromatic carbocycles. The second kappa shape index (κ2) is 8.17. The first-order chi connectivity index (χ1) is 9.51. The number of amides is 1. The zero-order valence-electron chi connectivity index (χ0n) is 12.3. The molecule has 20 heavy (non-hydrogen) atoms. The molecule has 5 nitrogen and oxygen atoms in total. The summed E-state index contributed by atoms with van der Waals surface area (Å²) in [5.41, 5.74) is 0.218. The molecule has 0 spiro atoms. The van der Waals surface area contributed by atoms with Gasteiger partial charge in [0.25, 0.3) is 5.91 Å². The van der Waals surface area contributed by atoms with E-state index in [0.717, 1.165) is 12.8 Å². The van der Waals surface area contributed by atoms with Gasteiger partial charge in [-0.05, 0) is 6.42 Å². The van der Waals surface area contributed by atoms with Gasteiger partial charge >= 0.3 is 0 Å². The maximum atomic E-state index is 12.5. The molecule has 112 valence electrons. The van der Waals surface area contributed by atoms with E-state index in [4.69, 9.17) is 16.7 Å². The van der Waals surface area contributed by atoms with Crippen LogP contribution < -0.4 is 0 Å². The van der Waals surface area contributed by atoms with Crippen LogP contribution in [0.4, 0.5) is 0 Å². The molecule has 0 fully saturated rings. The van der Waals surface area contributed by atoms with Crippen molar-refractivity contribution in [2.45, 2.75) is 39.5 Å². The average Bonchev–Trinajstić information content (AvgIpc) is 2.43. The standard InChI is InChI=1S/C14H22ClN3O2/c1-4-5-6-18(7-8-19)14(20)12-11(15)9-16-13(17-12)10(2)3/h9-10,19H,4-8H2,1-3H3. The lowest BCUT2D eigenvalue weighted by Crippen LogP contribution is -2.35. The van der Waals surface area contributed by atoms with Crippen LogP contribution in [0.25, 0.3) is 0 Å². The smallest absolute Gasteiger partial charge is 0.274 e. The van der Waals surface area contributed by atoms with E-state index >= 15 is 0 Å². The van der Waals surface area contributed by atoms with Crippen molar-refractivity contribution in [3.05, 3.63) is 22.7 Å². The van der Waals surface area contributed by atoms with Crippen molar-refractivity contribution in [1.29, 1.82) is 0 Å². The fourth-order valence-electron chi connectivity index (χ4n) is 1.74. The monoisotopic (exact) mass is 299 g/mol. The van der Waals surface area contributed by atoms with Crippen molar-refractivity contribution in [3.63, 3.8) is 0 Å². The minimum atomic E-state index is -0.248. The first-order valence-electron chi connectivity index (χ1n) is 6.93. The van der Waals surface area contributed by atoms with Gasteiger partial charge in [-0.25, -0.2) is 9.97 Å². The molecular formula is C14H22ClN3O2. The van der Waals surface area contributed by atoms with Crippen molar-refractivity contribution in [1.82, 2.24) is 14.9 Å². The summed E-state index contributed by atoms with van der Waals surface area (Å²) in [6.45, 7) is 6.77. The molecule has 0 saturated heterocycles. The Bertz CT molecular complexity index is 452. The lowest BCUT2D eigenvalue weighted by Gasteiger charge is -2.21. The van der Waals surface area contributed by atoms with Gasteiger partial charge in [0.2, 0.25) is 0 Å². The topological polar surface area (TPSA) is 66.3 Å². The SMILES string of the molecule is CCCCN(CCO)C(=O)c1nc(C(C)C)ncc1Cl. The summed E-state index contributed by atoms with van der Waals surface area (Å²) in [5, 5.41) is 9.33. The van der Waals surface area contributed by atoms with Crippen LogP contribution in [0.3, 0.4) is 0 Å². The Labute approximate surface area is 125 Å². The fraction of sp³-hybridized carbons (Fsp3) is 0.643. The third-order valence-electron chi connectivity index (χ3n) is 2.92. The Morgan fingerprint density at radius 2 is 2.15 bits per heavy atom. The first-order valence-corrected chi connectivity index (χ1v) is 7.31. The predicted octanol–water partition coefficient (Wildman–Crippen LogP) is 2.49. The van der Waals surface area contributed by atoms with Crippen LogP contribution in [0.1, 0.15) is 55.8 Å². The second-order valence-corrected chi connectivity index (χ2v) is 5.36. The van der Waals surface area contributed by atoms with Crippen molar-refractivity contribution in [2.75, 3.05) is 19.7 Å². The van der Waals surface area contributed by atoms with Gasteiger partial charge in [-0.2, -0.15) is 0 Å². The number of aliphatic hydroxyl groups excluding tert-OH is 1. The van der Waals surface area contributed by atoms with Gasteiger partial charge in [-0.1, -0.05) is 38.8 Å². The maximum Gasteiger partial charge on any atom is 0.274 e. The van der Waals surface area contributed by atoms with Gasteiger partial charge in [0, 0.05) is 19.0 Å². The average molecular weight is 300 g/mol. The van der Waals surface area contributed by atoms with E-state index < -0.39 is 0 Å². The number of unbranched alkanes of at least 4 members (excludes halogenated alkanes) is 1. The zero-order valence-corrected chi connectivity index (χ0v) is 13.0. The minimum Gasteiger partial charge on any atom is -0.395 e. The van der Waals surface area contributed by atoms with Crippen LogP contribution in [0.2, 0.25) is 5.02 Å². The molecule has 0 saturated carbocycles. The lowest BCUT2D eigenvalue weighted by molar-refractivity contribution is 0.0713. The first kappa shape index (κ1) is 16.9. The summed E-state index contributed by atoms with van der Waals surface area (Å²) in [7, 11) is 0. The number of nitrogens with zero attached hydrogens (tertiary/aromatic N) is 3. The van der Waals surface area contributed by atoms with Crippen LogP contribution >= 0.6 is 11.6 Å². The number of rotatable bonds is 7. The van der Waals surface area contributed by atoms with Crippen LogP contribution in [-0.4, -0.2) is 45.6 Å². The fourth-order valence-corrected chi connectivity index (χ4v) is 1.92. The molecule has 1 aromatic heterocycles. The number of aromatic nitrogens is 2. The molecule has 0 atom stereocenters. The molecule has 1 amide bonds. The van der Waals surface area contributed by atoms with Gasteiger partial charge in [-0.3, -0.25) is 4.79 Å². The molecule has 0 unspecified atom stereocenters. The van der Waals surface area contributed by atoms with Crippen molar-refractivity contribution >= 4 is 17.5 Å². The van der Waals surface area contributed by atoms with E-state index in [9.17, 15) is 4.79 Å². The molecular weight excluding hydrogens is 278 g/mol. The summed E-state index contributed by atoms with van der Waals surface area (Å²) in [5.74, 6) is 0.472. The molecule has 6 heteroatoms. The number of carbonyl (C=O) groups is 1. The highest BCUT2D eigenvalue weighted by atomic mass is 35.5. The Hall–Kier alpha value is -1.20. The van der Waals surface area contributed by atoms with Crippen molar-refractivity contribution in [3.8, 4) is 0 Å². The Kier molecular flexibility index (Phi) is 6.88. The summed E-state index contributed by atoms with van der Waals surface area (Å²) in [4.78, 5) is 22.5. The summed E-state index contributed by atoms with van der Waals surface area (Å²) in [6.07, 6.45) is 3.32. The third-order valence-corrected chi connectivity index (χ3v) is 3.20. The highest BCUT2D eigenvalue weighted by molar-refractivity contribution is 6.33. The molecule has 0 aliphatic heterocycles. The molecule has 0 aliphatic rings. The Morgan fingerprint density at radius 1 is 1.45 bits per heavy atom. The number of carbonyl (C=O) groups excluding carboxylic acids is 1. The summed E-state index contributed by atoms with van der Waals surface area (Å²) >= 11 is 6.04.